The number of methoxy groups -OCH3 is 1. The first-order valence-corrected chi connectivity index (χ1v) is 5.54. The largest absolute Gasteiger partial charge is 0.383 e. The van der Waals surface area contributed by atoms with E-state index in [2.05, 4.69) is 18.7 Å². The predicted octanol–water partition coefficient (Wildman–Crippen LogP) is 1.97. The molecule has 2 nitrogen and oxygen atoms in total. The molecule has 0 N–H and O–H groups in total. The van der Waals surface area contributed by atoms with E-state index in [1.54, 1.807) is 7.11 Å². The van der Waals surface area contributed by atoms with Crippen molar-refractivity contribution in [3.05, 3.63) is 0 Å². The van der Waals surface area contributed by atoms with Gasteiger partial charge in [0.15, 0.2) is 0 Å². The summed E-state index contributed by atoms with van der Waals surface area (Å²) in [5, 5.41) is 0. The maximum atomic E-state index is 5.96. The van der Waals surface area contributed by atoms with Gasteiger partial charge >= 0.3 is 0 Å². The normalized spacial score (nSPS) is 32.3. The van der Waals surface area contributed by atoms with Crippen LogP contribution >= 0.6 is 11.6 Å². The molecule has 0 spiro atoms. The van der Waals surface area contributed by atoms with Crippen molar-refractivity contribution in [2.45, 2.75) is 32.4 Å². The molecule has 0 aliphatic carbocycles. The highest BCUT2D eigenvalue weighted by Gasteiger charge is 2.32. The number of hydrogen-bond donors (Lipinski definition) is 0. The van der Waals surface area contributed by atoms with Gasteiger partial charge in [0.2, 0.25) is 0 Å². The Morgan fingerprint density at radius 2 is 2.31 bits per heavy atom. The van der Waals surface area contributed by atoms with E-state index in [0.29, 0.717) is 12.1 Å². The van der Waals surface area contributed by atoms with E-state index in [1.807, 2.05) is 0 Å². The Bertz CT molecular complexity index is 154. The van der Waals surface area contributed by atoms with Crippen LogP contribution in [0.4, 0.5) is 0 Å². The van der Waals surface area contributed by atoms with Gasteiger partial charge in [0.1, 0.15) is 0 Å². The molecule has 3 atom stereocenters. The van der Waals surface area contributed by atoms with Crippen molar-refractivity contribution in [1.29, 1.82) is 0 Å². The van der Waals surface area contributed by atoms with Crippen LogP contribution in [0.1, 0.15) is 20.3 Å². The SMILES string of the molecule is COCC(C)N1CCC(C)C1CCl. The van der Waals surface area contributed by atoms with Crippen LogP contribution < -0.4 is 0 Å². The van der Waals surface area contributed by atoms with E-state index in [0.717, 1.165) is 18.4 Å². The smallest absolute Gasteiger partial charge is 0.0615 e. The molecule has 0 aromatic rings. The maximum absolute atomic E-state index is 5.96. The van der Waals surface area contributed by atoms with Gasteiger partial charge in [-0.1, -0.05) is 6.92 Å². The summed E-state index contributed by atoms with van der Waals surface area (Å²) in [6.45, 7) is 6.47. The average molecular weight is 206 g/mol. The molecule has 3 heteroatoms. The predicted molar refractivity (Wildman–Crippen MR) is 56.3 cm³/mol. The second-order valence-corrected chi connectivity index (χ2v) is 4.34. The zero-order valence-electron chi connectivity index (χ0n) is 8.79. The Balaban J connectivity index is 2.48. The highest BCUT2D eigenvalue weighted by molar-refractivity contribution is 6.18. The number of rotatable bonds is 4. The molecule has 1 rings (SSSR count). The summed E-state index contributed by atoms with van der Waals surface area (Å²) in [5.41, 5.74) is 0. The topological polar surface area (TPSA) is 12.5 Å². The van der Waals surface area contributed by atoms with Crippen molar-refractivity contribution in [2.24, 2.45) is 5.92 Å². The number of hydrogen-bond acceptors (Lipinski definition) is 2. The third-order valence-electron chi connectivity index (χ3n) is 3.06. The summed E-state index contributed by atoms with van der Waals surface area (Å²) in [4.78, 5) is 2.47. The summed E-state index contributed by atoms with van der Waals surface area (Å²) in [7, 11) is 1.76. The molecule has 1 saturated heterocycles. The number of ether oxygens (including phenoxy) is 1. The molecule has 0 radical (unpaired) electrons. The molecule has 0 amide bonds. The van der Waals surface area contributed by atoms with Crippen molar-refractivity contribution < 1.29 is 4.74 Å². The van der Waals surface area contributed by atoms with E-state index < -0.39 is 0 Å². The molecule has 1 aliphatic heterocycles. The van der Waals surface area contributed by atoms with Gasteiger partial charge in [0.05, 0.1) is 6.61 Å². The third-order valence-corrected chi connectivity index (χ3v) is 3.37. The van der Waals surface area contributed by atoms with Gasteiger partial charge in [-0.25, -0.2) is 0 Å². The van der Waals surface area contributed by atoms with E-state index in [9.17, 15) is 0 Å². The Kier molecular flexibility index (Phi) is 4.50. The molecule has 13 heavy (non-hydrogen) atoms. The number of nitrogens with zero attached hydrogens (tertiary/aromatic N) is 1. The van der Waals surface area contributed by atoms with Crippen molar-refractivity contribution in [1.82, 2.24) is 4.90 Å². The molecule has 0 saturated carbocycles. The molecule has 0 aromatic carbocycles. The Morgan fingerprint density at radius 1 is 1.62 bits per heavy atom. The Morgan fingerprint density at radius 3 is 2.85 bits per heavy atom. The van der Waals surface area contributed by atoms with Crippen molar-refractivity contribution in [2.75, 3.05) is 26.1 Å². The van der Waals surface area contributed by atoms with Crippen molar-refractivity contribution >= 4 is 11.6 Å². The highest BCUT2D eigenvalue weighted by Crippen LogP contribution is 2.26. The maximum Gasteiger partial charge on any atom is 0.0615 e. The first-order chi connectivity index (χ1) is 6.20. The summed E-state index contributed by atoms with van der Waals surface area (Å²) in [6, 6.07) is 1.05. The summed E-state index contributed by atoms with van der Waals surface area (Å²) in [5.74, 6) is 1.48. The zero-order valence-corrected chi connectivity index (χ0v) is 9.55. The van der Waals surface area contributed by atoms with Crippen molar-refractivity contribution in [3.8, 4) is 0 Å². The first-order valence-electron chi connectivity index (χ1n) is 5.01. The fourth-order valence-electron chi connectivity index (χ4n) is 2.16. The first kappa shape index (κ1) is 11.3. The van der Waals surface area contributed by atoms with E-state index in [-0.39, 0.29) is 0 Å². The average Bonchev–Trinajstić information content (AvgIpc) is 2.47. The van der Waals surface area contributed by atoms with Gasteiger partial charge in [-0.15, -0.1) is 11.6 Å². The zero-order chi connectivity index (χ0) is 9.84. The molecule has 1 heterocycles. The molecular formula is C10H20ClNO. The lowest BCUT2D eigenvalue weighted by Crippen LogP contribution is -2.42. The minimum atomic E-state index is 0.499. The minimum Gasteiger partial charge on any atom is -0.383 e. The molecule has 78 valence electrons. The molecule has 0 bridgehead atoms. The molecule has 1 fully saturated rings. The van der Waals surface area contributed by atoms with Crippen LogP contribution in [0.2, 0.25) is 0 Å². The van der Waals surface area contributed by atoms with Crippen LogP contribution in [0, 0.1) is 5.92 Å². The lowest BCUT2D eigenvalue weighted by molar-refractivity contribution is 0.0915. The lowest BCUT2D eigenvalue weighted by atomic mass is 10.0. The van der Waals surface area contributed by atoms with E-state index in [4.69, 9.17) is 16.3 Å². The second kappa shape index (κ2) is 5.18. The van der Waals surface area contributed by atoms with E-state index >= 15 is 0 Å². The second-order valence-electron chi connectivity index (χ2n) is 4.03. The van der Waals surface area contributed by atoms with Gasteiger partial charge in [-0.05, 0) is 25.8 Å². The Labute approximate surface area is 86.2 Å². The van der Waals surface area contributed by atoms with Gasteiger partial charge in [0.25, 0.3) is 0 Å². The van der Waals surface area contributed by atoms with Crippen LogP contribution in [-0.4, -0.2) is 43.1 Å². The molecular weight excluding hydrogens is 186 g/mol. The number of likely N-dealkylation sites (tertiary alicyclic amines) is 1. The van der Waals surface area contributed by atoms with Gasteiger partial charge < -0.3 is 4.74 Å². The van der Waals surface area contributed by atoms with Crippen LogP contribution in [-0.2, 0) is 4.74 Å². The van der Waals surface area contributed by atoms with E-state index in [1.165, 1.54) is 13.0 Å². The quantitative estimate of drug-likeness (QED) is 0.651. The summed E-state index contributed by atoms with van der Waals surface area (Å²) < 4.78 is 5.16. The van der Waals surface area contributed by atoms with Gasteiger partial charge in [-0.2, -0.15) is 0 Å². The van der Waals surface area contributed by atoms with Crippen LogP contribution in [0.15, 0.2) is 0 Å². The molecule has 1 aliphatic rings. The fourth-order valence-corrected chi connectivity index (χ4v) is 2.64. The van der Waals surface area contributed by atoms with Crippen LogP contribution in [0.3, 0.4) is 0 Å². The van der Waals surface area contributed by atoms with Crippen LogP contribution in [0.25, 0.3) is 0 Å². The highest BCUT2D eigenvalue weighted by atomic mass is 35.5. The van der Waals surface area contributed by atoms with Gasteiger partial charge in [0, 0.05) is 25.1 Å². The number of alkyl halides is 1. The molecule has 0 aromatic heterocycles. The summed E-state index contributed by atoms with van der Waals surface area (Å²) in [6.07, 6.45) is 1.27. The third kappa shape index (κ3) is 2.58. The Hall–Kier alpha value is 0.210. The van der Waals surface area contributed by atoms with Crippen molar-refractivity contribution in [3.63, 3.8) is 0 Å². The fraction of sp³-hybridized carbons (Fsp3) is 1.00. The lowest BCUT2D eigenvalue weighted by Gasteiger charge is -2.30. The minimum absolute atomic E-state index is 0.499. The van der Waals surface area contributed by atoms with Gasteiger partial charge in [-0.3, -0.25) is 4.90 Å². The summed E-state index contributed by atoms with van der Waals surface area (Å²) >= 11 is 5.96. The monoisotopic (exact) mass is 205 g/mol. The molecule has 3 unspecified atom stereocenters. The standard InChI is InChI=1S/C10H20ClNO/c1-8-4-5-12(10(8)6-11)9(2)7-13-3/h8-10H,4-7H2,1-3H3. The number of halogens is 1. The van der Waals surface area contributed by atoms with Crippen LogP contribution in [0.5, 0.6) is 0 Å².